The van der Waals surface area contributed by atoms with Gasteiger partial charge in [-0.2, -0.15) is 0 Å². The summed E-state index contributed by atoms with van der Waals surface area (Å²) in [5.41, 5.74) is 2.67. The Morgan fingerprint density at radius 2 is 2.18 bits per heavy atom. The van der Waals surface area contributed by atoms with E-state index < -0.39 is 0 Å². The number of aliphatic hydroxyl groups excluding tert-OH is 1. The molecule has 0 aliphatic rings. The fraction of sp³-hybridized carbons (Fsp3) is 0.308. The summed E-state index contributed by atoms with van der Waals surface area (Å²) in [5, 5.41) is 9.20. The molecule has 0 unspecified atom stereocenters. The Morgan fingerprint density at radius 3 is 2.76 bits per heavy atom. The van der Waals surface area contributed by atoms with E-state index in [1.54, 1.807) is 7.11 Å². The van der Waals surface area contributed by atoms with Crippen molar-refractivity contribution < 1.29 is 9.84 Å². The SMILES string of the molecule is COc1cccc(-c2nc(CO)c(C)n2C)c1. The molecule has 0 spiro atoms. The number of hydrogen-bond acceptors (Lipinski definition) is 3. The van der Waals surface area contributed by atoms with Crippen LogP contribution in [0.1, 0.15) is 11.4 Å². The van der Waals surface area contributed by atoms with Crippen LogP contribution in [0, 0.1) is 6.92 Å². The highest BCUT2D eigenvalue weighted by Gasteiger charge is 2.12. The van der Waals surface area contributed by atoms with Crippen molar-refractivity contribution in [2.45, 2.75) is 13.5 Å². The maximum atomic E-state index is 9.20. The van der Waals surface area contributed by atoms with E-state index in [-0.39, 0.29) is 6.61 Å². The summed E-state index contributed by atoms with van der Waals surface area (Å²) < 4.78 is 7.17. The average Bonchev–Trinajstić information content (AvgIpc) is 2.66. The molecule has 0 atom stereocenters. The van der Waals surface area contributed by atoms with Gasteiger partial charge in [0.2, 0.25) is 0 Å². The third kappa shape index (κ3) is 2.03. The van der Waals surface area contributed by atoms with Crippen LogP contribution in [-0.2, 0) is 13.7 Å². The van der Waals surface area contributed by atoms with Crippen molar-refractivity contribution in [3.8, 4) is 17.1 Å². The monoisotopic (exact) mass is 232 g/mol. The Bertz CT molecular complexity index is 532. The Balaban J connectivity index is 2.52. The zero-order chi connectivity index (χ0) is 12.4. The molecule has 1 N–H and O–H groups in total. The average molecular weight is 232 g/mol. The second kappa shape index (κ2) is 4.59. The van der Waals surface area contributed by atoms with Crippen LogP contribution >= 0.6 is 0 Å². The Hall–Kier alpha value is -1.81. The summed E-state index contributed by atoms with van der Waals surface area (Å²) in [6.07, 6.45) is 0. The highest BCUT2D eigenvalue weighted by Crippen LogP contribution is 2.24. The lowest BCUT2D eigenvalue weighted by atomic mass is 10.2. The van der Waals surface area contributed by atoms with Crippen LogP contribution in [0.5, 0.6) is 5.75 Å². The van der Waals surface area contributed by atoms with Crippen molar-refractivity contribution in [1.29, 1.82) is 0 Å². The van der Waals surface area contributed by atoms with Gasteiger partial charge in [-0.1, -0.05) is 12.1 Å². The van der Waals surface area contributed by atoms with Crippen LogP contribution in [0.2, 0.25) is 0 Å². The van der Waals surface area contributed by atoms with E-state index >= 15 is 0 Å². The molecule has 90 valence electrons. The largest absolute Gasteiger partial charge is 0.497 e. The second-order valence-electron chi connectivity index (χ2n) is 3.92. The molecule has 1 aromatic heterocycles. The van der Waals surface area contributed by atoms with Crippen molar-refractivity contribution in [3.05, 3.63) is 35.7 Å². The summed E-state index contributed by atoms with van der Waals surface area (Å²) in [7, 11) is 3.58. The molecule has 0 radical (unpaired) electrons. The highest BCUT2D eigenvalue weighted by molar-refractivity contribution is 5.59. The van der Waals surface area contributed by atoms with Crippen LogP contribution in [-0.4, -0.2) is 21.8 Å². The quantitative estimate of drug-likeness (QED) is 0.879. The summed E-state index contributed by atoms with van der Waals surface area (Å²) in [4.78, 5) is 4.43. The minimum Gasteiger partial charge on any atom is -0.497 e. The van der Waals surface area contributed by atoms with Crippen LogP contribution in [0.3, 0.4) is 0 Å². The van der Waals surface area contributed by atoms with Crippen molar-refractivity contribution in [3.63, 3.8) is 0 Å². The lowest BCUT2D eigenvalue weighted by Crippen LogP contribution is -1.95. The zero-order valence-electron chi connectivity index (χ0n) is 10.3. The molecule has 4 heteroatoms. The van der Waals surface area contributed by atoms with E-state index in [1.165, 1.54) is 0 Å². The van der Waals surface area contributed by atoms with Gasteiger partial charge >= 0.3 is 0 Å². The van der Waals surface area contributed by atoms with Gasteiger partial charge in [0.15, 0.2) is 0 Å². The number of rotatable bonds is 3. The number of hydrogen-bond donors (Lipinski definition) is 1. The first kappa shape index (κ1) is 11.7. The lowest BCUT2D eigenvalue weighted by molar-refractivity contribution is 0.276. The van der Waals surface area contributed by atoms with Crippen molar-refractivity contribution >= 4 is 0 Å². The number of nitrogens with zero attached hydrogens (tertiary/aromatic N) is 2. The smallest absolute Gasteiger partial charge is 0.140 e. The molecule has 0 fully saturated rings. The third-order valence-corrected chi connectivity index (χ3v) is 2.96. The van der Waals surface area contributed by atoms with Crippen LogP contribution in [0.15, 0.2) is 24.3 Å². The van der Waals surface area contributed by atoms with E-state index in [9.17, 15) is 5.11 Å². The number of imidazole rings is 1. The maximum absolute atomic E-state index is 9.20. The van der Waals surface area contributed by atoms with Gasteiger partial charge in [0.25, 0.3) is 0 Å². The molecule has 2 aromatic rings. The summed E-state index contributed by atoms with van der Waals surface area (Å²) in [5.74, 6) is 1.64. The molecular weight excluding hydrogens is 216 g/mol. The third-order valence-electron chi connectivity index (χ3n) is 2.96. The summed E-state index contributed by atoms with van der Waals surface area (Å²) >= 11 is 0. The molecule has 0 aliphatic heterocycles. The standard InChI is InChI=1S/C13H16N2O2/c1-9-12(8-16)14-13(15(9)2)10-5-4-6-11(7-10)17-3/h4-7,16H,8H2,1-3H3. The lowest BCUT2D eigenvalue weighted by Gasteiger charge is -2.05. The Morgan fingerprint density at radius 1 is 1.41 bits per heavy atom. The first-order valence-corrected chi connectivity index (χ1v) is 5.45. The van der Waals surface area contributed by atoms with E-state index in [2.05, 4.69) is 4.98 Å². The molecule has 0 saturated carbocycles. The number of ether oxygens (including phenoxy) is 1. The molecule has 17 heavy (non-hydrogen) atoms. The molecule has 0 saturated heterocycles. The zero-order valence-corrected chi connectivity index (χ0v) is 10.3. The molecule has 0 amide bonds. The molecule has 4 nitrogen and oxygen atoms in total. The van der Waals surface area contributed by atoms with Crippen LogP contribution in [0.4, 0.5) is 0 Å². The van der Waals surface area contributed by atoms with E-state index in [0.29, 0.717) is 5.69 Å². The Labute approximate surface area is 100 Å². The van der Waals surface area contributed by atoms with E-state index in [4.69, 9.17) is 4.74 Å². The summed E-state index contributed by atoms with van der Waals surface area (Å²) in [6, 6.07) is 7.73. The summed E-state index contributed by atoms with van der Waals surface area (Å²) in [6.45, 7) is 1.91. The number of aromatic nitrogens is 2. The first-order chi connectivity index (χ1) is 8.17. The predicted molar refractivity (Wildman–Crippen MR) is 65.9 cm³/mol. The normalized spacial score (nSPS) is 10.6. The minimum atomic E-state index is -0.0381. The topological polar surface area (TPSA) is 47.3 Å². The van der Waals surface area contributed by atoms with Crippen molar-refractivity contribution in [2.75, 3.05) is 7.11 Å². The molecule has 1 heterocycles. The maximum Gasteiger partial charge on any atom is 0.140 e. The van der Waals surface area contributed by atoms with Crippen LogP contribution in [0.25, 0.3) is 11.4 Å². The molecule has 0 aliphatic carbocycles. The van der Waals surface area contributed by atoms with Gasteiger partial charge in [0, 0.05) is 18.3 Å². The van der Waals surface area contributed by atoms with Gasteiger partial charge in [0.1, 0.15) is 11.6 Å². The van der Waals surface area contributed by atoms with Crippen molar-refractivity contribution in [1.82, 2.24) is 9.55 Å². The van der Waals surface area contributed by atoms with Crippen LogP contribution < -0.4 is 4.74 Å². The van der Waals surface area contributed by atoms with Gasteiger partial charge in [-0.25, -0.2) is 4.98 Å². The predicted octanol–water partition coefficient (Wildman–Crippen LogP) is 1.90. The van der Waals surface area contributed by atoms with Gasteiger partial charge in [-0.15, -0.1) is 0 Å². The highest BCUT2D eigenvalue weighted by atomic mass is 16.5. The Kier molecular flexibility index (Phi) is 3.15. The van der Waals surface area contributed by atoms with Gasteiger partial charge in [-0.05, 0) is 19.1 Å². The number of methoxy groups -OCH3 is 1. The van der Waals surface area contributed by atoms with Gasteiger partial charge in [-0.3, -0.25) is 0 Å². The van der Waals surface area contributed by atoms with Gasteiger partial charge < -0.3 is 14.4 Å². The molecule has 2 rings (SSSR count). The molecule has 0 bridgehead atoms. The van der Waals surface area contributed by atoms with Gasteiger partial charge in [0.05, 0.1) is 19.4 Å². The number of aliphatic hydroxyl groups is 1. The van der Waals surface area contributed by atoms with E-state index in [0.717, 1.165) is 22.8 Å². The van der Waals surface area contributed by atoms with E-state index in [1.807, 2.05) is 42.8 Å². The van der Waals surface area contributed by atoms with Crippen molar-refractivity contribution in [2.24, 2.45) is 7.05 Å². The molecular formula is C13H16N2O2. The first-order valence-electron chi connectivity index (χ1n) is 5.45. The second-order valence-corrected chi connectivity index (χ2v) is 3.92. The minimum absolute atomic E-state index is 0.0381. The molecule has 1 aromatic carbocycles. The fourth-order valence-electron chi connectivity index (χ4n) is 1.81. The number of benzene rings is 1. The fourth-order valence-corrected chi connectivity index (χ4v) is 1.81.